The van der Waals surface area contributed by atoms with Gasteiger partial charge in [-0.3, -0.25) is 4.90 Å². The lowest BCUT2D eigenvalue weighted by Crippen LogP contribution is -2.36. The van der Waals surface area contributed by atoms with Crippen molar-refractivity contribution >= 4 is 21.6 Å². The summed E-state index contributed by atoms with van der Waals surface area (Å²) in [5.41, 5.74) is 8.07. The van der Waals surface area contributed by atoms with Crippen LogP contribution in [0.3, 0.4) is 0 Å². The molecule has 0 unspecified atom stereocenters. The first-order chi connectivity index (χ1) is 8.69. The van der Waals surface area contributed by atoms with Gasteiger partial charge < -0.3 is 5.73 Å². The van der Waals surface area contributed by atoms with Gasteiger partial charge in [0.2, 0.25) is 0 Å². The van der Waals surface area contributed by atoms with Crippen molar-refractivity contribution < 1.29 is 0 Å². The number of nitrogens with zero attached hydrogens (tertiary/aromatic N) is 1. The molecular formula is C15H23BrN2. The molecule has 0 saturated heterocycles. The van der Waals surface area contributed by atoms with Crippen molar-refractivity contribution in [3.05, 3.63) is 28.2 Å². The molecule has 1 aliphatic rings. The van der Waals surface area contributed by atoms with E-state index in [4.69, 9.17) is 5.73 Å². The molecule has 1 aromatic carbocycles. The van der Waals surface area contributed by atoms with Crippen molar-refractivity contribution in [2.45, 2.75) is 51.6 Å². The maximum Gasteiger partial charge on any atom is 0.0328 e. The Morgan fingerprint density at radius 3 is 2.56 bits per heavy atom. The molecule has 18 heavy (non-hydrogen) atoms. The zero-order valence-electron chi connectivity index (χ0n) is 11.2. The van der Waals surface area contributed by atoms with Crippen LogP contribution in [-0.2, 0) is 6.54 Å². The molecule has 1 saturated carbocycles. The maximum absolute atomic E-state index is 5.91. The number of halogens is 1. The Labute approximate surface area is 119 Å². The van der Waals surface area contributed by atoms with E-state index in [2.05, 4.69) is 39.9 Å². The van der Waals surface area contributed by atoms with E-state index in [0.717, 1.165) is 29.3 Å². The second-order valence-electron chi connectivity index (χ2n) is 5.25. The molecule has 0 aliphatic heterocycles. The summed E-state index contributed by atoms with van der Waals surface area (Å²) in [5, 5.41) is 0. The molecule has 1 aliphatic carbocycles. The highest BCUT2D eigenvalue weighted by Gasteiger charge is 2.19. The first kappa shape index (κ1) is 13.9. The van der Waals surface area contributed by atoms with E-state index in [1.165, 1.54) is 37.7 Å². The predicted octanol–water partition coefficient (Wildman–Crippen LogP) is 4.19. The van der Waals surface area contributed by atoms with Crippen molar-refractivity contribution in [2.24, 2.45) is 0 Å². The molecule has 3 heteroatoms. The first-order valence-electron chi connectivity index (χ1n) is 6.98. The Hall–Kier alpha value is -0.540. The number of hydrogen-bond donors (Lipinski definition) is 1. The lowest BCUT2D eigenvalue weighted by atomic mass is 9.94. The average Bonchev–Trinajstić information content (AvgIpc) is 2.36. The summed E-state index contributed by atoms with van der Waals surface area (Å²) in [7, 11) is 0. The molecule has 2 rings (SSSR count). The molecule has 0 radical (unpaired) electrons. The van der Waals surface area contributed by atoms with E-state index in [9.17, 15) is 0 Å². The van der Waals surface area contributed by atoms with Crippen LogP contribution in [0.4, 0.5) is 5.69 Å². The molecule has 0 spiro atoms. The molecule has 0 amide bonds. The standard InChI is InChI=1S/C15H23BrN2/c1-2-18(15-6-4-3-5-7-15)11-12-8-13(16)10-14(17)9-12/h8-10,15H,2-7,11,17H2,1H3. The second kappa shape index (κ2) is 6.58. The highest BCUT2D eigenvalue weighted by molar-refractivity contribution is 9.10. The average molecular weight is 311 g/mol. The predicted molar refractivity (Wildman–Crippen MR) is 81.5 cm³/mol. The van der Waals surface area contributed by atoms with Crippen molar-refractivity contribution in [3.63, 3.8) is 0 Å². The number of hydrogen-bond acceptors (Lipinski definition) is 2. The Bertz CT molecular complexity index is 366. The smallest absolute Gasteiger partial charge is 0.0328 e. The van der Waals surface area contributed by atoms with Gasteiger partial charge in [0.05, 0.1) is 0 Å². The zero-order valence-corrected chi connectivity index (χ0v) is 12.7. The van der Waals surface area contributed by atoms with E-state index < -0.39 is 0 Å². The van der Waals surface area contributed by atoms with Gasteiger partial charge in [0.15, 0.2) is 0 Å². The van der Waals surface area contributed by atoms with Gasteiger partial charge in [-0.1, -0.05) is 42.1 Å². The molecule has 0 atom stereocenters. The van der Waals surface area contributed by atoms with E-state index in [-0.39, 0.29) is 0 Å². The molecule has 0 heterocycles. The summed E-state index contributed by atoms with van der Waals surface area (Å²) in [6.45, 7) is 4.40. The largest absolute Gasteiger partial charge is 0.399 e. The highest BCUT2D eigenvalue weighted by atomic mass is 79.9. The molecule has 1 fully saturated rings. The summed E-state index contributed by atoms with van der Waals surface area (Å²) in [6.07, 6.45) is 6.91. The van der Waals surface area contributed by atoms with Crippen LogP contribution in [0.1, 0.15) is 44.6 Å². The maximum atomic E-state index is 5.91. The summed E-state index contributed by atoms with van der Waals surface area (Å²) in [6, 6.07) is 7.00. The molecule has 0 aromatic heterocycles. The summed E-state index contributed by atoms with van der Waals surface area (Å²) >= 11 is 3.52. The number of anilines is 1. The summed E-state index contributed by atoms with van der Waals surface area (Å²) < 4.78 is 1.08. The second-order valence-corrected chi connectivity index (χ2v) is 6.16. The fraction of sp³-hybridized carbons (Fsp3) is 0.600. The fourth-order valence-corrected chi connectivity index (χ4v) is 3.50. The van der Waals surface area contributed by atoms with Crippen LogP contribution in [-0.4, -0.2) is 17.5 Å². The minimum Gasteiger partial charge on any atom is -0.399 e. The number of rotatable bonds is 4. The molecule has 0 bridgehead atoms. The minimum atomic E-state index is 0.768. The van der Waals surface area contributed by atoms with Crippen LogP contribution < -0.4 is 5.73 Å². The van der Waals surface area contributed by atoms with E-state index in [1.54, 1.807) is 0 Å². The van der Waals surface area contributed by atoms with Gasteiger partial charge in [-0.25, -0.2) is 0 Å². The molecule has 1 aromatic rings. The van der Waals surface area contributed by atoms with Gasteiger partial charge >= 0.3 is 0 Å². The third-order valence-corrected chi connectivity index (χ3v) is 4.32. The number of nitrogen functional groups attached to an aromatic ring is 1. The van der Waals surface area contributed by atoms with E-state index in [0.29, 0.717) is 0 Å². The SMILES string of the molecule is CCN(Cc1cc(N)cc(Br)c1)C1CCCCC1. The molecular weight excluding hydrogens is 288 g/mol. The number of nitrogens with two attached hydrogens (primary N) is 1. The van der Waals surface area contributed by atoms with Gasteiger partial charge in [0.1, 0.15) is 0 Å². The highest BCUT2D eigenvalue weighted by Crippen LogP contribution is 2.25. The number of benzene rings is 1. The van der Waals surface area contributed by atoms with Crippen LogP contribution in [0.25, 0.3) is 0 Å². The van der Waals surface area contributed by atoms with Gasteiger partial charge in [0, 0.05) is 22.7 Å². The van der Waals surface area contributed by atoms with Crippen LogP contribution >= 0.6 is 15.9 Å². The van der Waals surface area contributed by atoms with Crippen molar-refractivity contribution in [2.75, 3.05) is 12.3 Å². The molecule has 100 valence electrons. The summed E-state index contributed by atoms with van der Waals surface area (Å²) in [5.74, 6) is 0. The lowest BCUT2D eigenvalue weighted by Gasteiger charge is -2.33. The van der Waals surface area contributed by atoms with Crippen molar-refractivity contribution in [3.8, 4) is 0 Å². The van der Waals surface area contributed by atoms with Crippen molar-refractivity contribution in [1.82, 2.24) is 4.90 Å². The van der Waals surface area contributed by atoms with E-state index >= 15 is 0 Å². The van der Waals surface area contributed by atoms with Gasteiger partial charge in [-0.15, -0.1) is 0 Å². The molecule has 2 N–H and O–H groups in total. The van der Waals surface area contributed by atoms with Crippen LogP contribution in [0.2, 0.25) is 0 Å². The Kier molecular flexibility index (Phi) is 5.07. The van der Waals surface area contributed by atoms with Crippen LogP contribution in [0, 0.1) is 0 Å². The third-order valence-electron chi connectivity index (χ3n) is 3.86. The fourth-order valence-electron chi connectivity index (χ4n) is 2.95. The first-order valence-corrected chi connectivity index (χ1v) is 7.77. The van der Waals surface area contributed by atoms with Crippen LogP contribution in [0.5, 0.6) is 0 Å². The van der Waals surface area contributed by atoms with Gasteiger partial charge in [-0.05, 0) is 43.1 Å². The van der Waals surface area contributed by atoms with Gasteiger partial charge in [-0.2, -0.15) is 0 Å². The quantitative estimate of drug-likeness (QED) is 0.845. The van der Waals surface area contributed by atoms with Crippen molar-refractivity contribution in [1.29, 1.82) is 0 Å². The molecule has 2 nitrogen and oxygen atoms in total. The normalized spacial score (nSPS) is 17.3. The summed E-state index contributed by atoms with van der Waals surface area (Å²) in [4.78, 5) is 2.60. The monoisotopic (exact) mass is 310 g/mol. The lowest BCUT2D eigenvalue weighted by molar-refractivity contribution is 0.156. The third kappa shape index (κ3) is 3.72. The topological polar surface area (TPSA) is 29.3 Å². The van der Waals surface area contributed by atoms with Crippen LogP contribution in [0.15, 0.2) is 22.7 Å². The van der Waals surface area contributed by atoms with Gasteiger partial charge in [0.25, 0.3) is 0 Å². The Morgan fingerprint density at radius 1 is 1.22 bits per heavy atom. The zero-order chi connectivity index (χ0) is 13.0. The Morgan fingerprint density at radius 2 is 1.94 bits per heavy atom. The minimum absolute atomic E-state index is 0.768. The Balaban J connectivity index is 2.04. The van der Waals surface area contributed by atoms with E-state index in [1.807, 2.05) is 6.07 Å².